The van der Waals surface area contributed by atoms with Gasteiger partial charge in [0.05, 0.1) is 19.8 Å². The van der Waals surface area contributed by atoms with Crippen molar-refractivity contribution in [1.29, 1.82) is 0 Å². The predicted octanol–water partition coefficient (Wildman–Crippen LogP) is 3.34. The molecule has 0 radical (unpaired) electrons. The molecule has 0 aliphatic rings. The average molecular weight is 449 g/mol. The highest BCUT2D eigenvalue weighted by atomic mass is 16.5. The zero-order valence-electron chi connectivity index (χ0n) is 18.8. The van der Waals surface area contributed by atoms with Crippen molar-refractivity contribution in [3.63, 3.8) is 0 Å². The first-order valence-corrected chi connectivity index (χ1v) is 10.6. The molecular formula is C25H28N4O4. The second kappa shape index (κ2) is 11.6. The Morgan fingerprint density at radius 1 is 1.00 bits per heavy atom. The molecule has 0 saturated heterocycles. The SMILES string of the molecule is COc1ccc(C(=O)N(CCCN)Cc2cccc(NC(=O)c3cccnc3)c2)cc1OC. The van der Waals surface area contributed by atoms with Crippen molar-refractivity contribution in [1.82, 2.24) is 9.88 Å². The Morgan fingerprint density at radius 2 is 1.82 bits per heavy atom. The summed E-state index contributed by atoms with van der Waals surface area (Å²) < 4.78 is 10.6. The van der Waals surface area contributed by atoms with E-state index in [4.69, 9.17) is 15.2 Å². The molecule has 2 amide bonds. The quantitative estimate of drug-likeness (QED) is 0.493. The van der Waals surface area contributed by atoms with Crippen molar-refractivity contribution in [2.24, 2.45) is 5.73 Å². The topological polar surface area (TPSA) is 107 Å². The third kappa shape index (κ3) is 6.30. The zero-order valence-corrected chi connectivity index (χ0v) is 18.8. The summed E-state index contributed by atoms with van der Waals surface area (Å²) in [4.78, 5) is 31.4. The maximum atomic E-state index is 13.3. The van der Waals surface area contributed by atoms with Gasteiger partial charge in [-0.05, 0) is 61.0 Å². The molecule has 33 heavy (non-hydrogen) atoms. The molecule has 1 heterocycles. The molecule has 0 atom stereocenters. The first-order valence-electron chi connectivity index (χ1n) is 10.6. The number of nitrogens with one attached hydrogen (secondary N) is 1. The zero-order chi connectivity index (χ0) is 23.6. The average Bonchev–Trinajstić information content (AvgIpc) is 2.86. The standard InChI is InChI=1S/C25H28N4O4/c1-32-22-10-9-19(15-23(22)33-2)25(31)29(13-5-11-26)17-18-6-3-8-21(14-18)28-24(30)20-7-4-12-27-16-20/h3-4,6-10,12,14-16H,5,11,13,17,26H2,1-2H3,(H,28,30). The number of ether oxygens (including phenoxy) is 2. The van der Waals surface area contributed by atoms with Crippen LogP contribution in [-0.4, -0.2) is 49.0 Å². The lowest BCUT2D eigenvalue weighted by atomic mass is 10.1. The van der Waals surface area contributed by atoms with Gasteiger partial charge in [-0.25, -0.2) is 0 Å². The summed E-state index contributed by atoms with van der Waals surface area (Å²) in [6.07, 6.45) is 3.79. The maximum absolute atomic E-state index is 13.3. The van der Waals surface area contributed by atoms with Gasteiger partial charge in [-0.3, -0.25) is 14.6 Å². The summed E-state index contributed by atoms with van der Waals surface area (Å²) in [5.74, 6) is 0.651. The number of anilines is 1. The van der Waals surface area contributed by atoms with Crippen molar-refractivity contribution in [3.05, 3.63) is 83.7 Å². The lowest BCUT2D eigenvalue weighted by Crippen LogP contribution is -2.32. The van der Waals surface area contributed by atoms with Crippen LogP contribution in [0.5, 0.6) is 11.5 Å². The van der Waals surface area contributed by atoms with Crippen LogP contribution in [-0.2, 0) is 6.54 Å². The molecule has 8 nitrogen and oxygen atoms in total. The van der Waals surface area contributed by atoms with E-state index in [1.54, 1.807) is 54.6 Å². The molecule has 0 aliphatic heterocycles. The Balaban J connectivity index is 1.78. The van der Waals surface area contributed by atoms with E-state index in [1.807, 2.05) is 18.2 Å². The molecule has 0 saturated carbocycles. The number of aromatic nitrogens is 1. The molecule has 3 N–H and O–H groups in total. The summed E-state index contributed by atoms with van der Waals surface area (Å²) >= 11 is 0. The highest BCUT2D eigenvalue weighted by Crippen LogP contribution is 2.28. The number of pyridine rings is 1. The van der Waals surface area contributed by atoms with E-state index in [0.29, 0.717) is 54.4 Å². The molecule has 1 aromatic heterocycles. The number of amides is 2. The highest BCUT2D eigenvalue weighted by molar-refractivity contribution is 6.04. The minimum Gasteiger partial charge on any atom is -0.493 e. The van der Waals surface area contributed by atoms with Crippen molar-refractivity contribution in [2.75, 3.05) is 32.6 Å². The van der Waals surface area contributed by atoms with Crippen molar-refractivity contribution in [2.45, 2.75) is 13.0 Å². The summed E-state index contributed by atoms with van der Waals surface area (Å²) in [5, 5.41) is 2.87. The van der Waals surface area contributed by atoms with E-state index in [2.05, 4.69) is 10.3 Å². The van der Waals surface area contributed by atoms with Gasteiger partial charge in [0.1, 0.15) is 0 Å². The van der Waals surface area contributed by atoms with Crippen LogP contribution in [0.15, 0.2) is 67.0 Å². The highest BCUT2D eigenvalue weighted by Gasteiger charge is 2.18. The fourth-order valence-electron chi connectivity index (χ4n) is 3.35. The number of nitrogens with two attached hydrogens (primary N) is 1. The molecule has 0 aliphatic carbocycles. The van der Waals surface area contributed by atoms with Crippen LogP contribution in [0.1, 0.15) is 32.7 Å². The Bertz CT molecular complexity index is 1090. The van der Waals surface area contributed by atoms with Gasteiger partial charge in [-0.1, -0.05) is 12.1 Å². The minimum absolute atomic E-state index is 0.144. The summed E-state index contributed by atoms with van der Waals surface area (Å²) in [6, 6.07) is 15.9. The van der Waals surface area contributed by atoms with Crippen LogP contribution in [0, 0.1) is 0 Å². The number of benzene rings is 2. The molecular weight excluding hydrogens is 420 g/mol. The van der Waals surface area contributed by atoms with Gasteiger partial charge in [0.25, 0.3) is 11.8 Å². The van der Waals surface area contributed by atoms with Gasteiger partial charge < -0.3 is 25.4 Å². The van der Waals surface area contributed by atoms with Gasteiger partial charge in [0, 0.05) is 36.7 Å². The molecule has 3 aromatic rings. The fraction of sp³-hybridized carbons (Fsp3) is 0.240. The number of hydrogen-bond acceptors (Lipinski definition) is 6. The second-order valence-corrected chi connectivity index (χ2v) is 7.33. The van der Waals surface area contributed by atoms with E-state index in [0.717, 1.165) is 5.56 Å². The number of hydrogen-bond donors (Lipinski definition) is 2. The predicted molar refractivity (Wildman–Crippen MR) is 127 cm³/mol. The van der Waals surface area contributed by atoms with Crippen LogP contribution in [0.4, 0.5) is 5.69 Å². The molecule has 3 rings (SSSR count). The van der Waals surface area contributed by atoms with E-state index in [1.165, 1.54) is 13.3 Å². The van der Waals surface area contributed by atoms with Gasteiger partial charge in [0.15, 0.2) is 11.5 Å². The fourth-order valence-corrected chi connectivity index (χ4v) is 3.35. The molecule has 0 bridgehead atoms. The molecule has 172 valence electrons. The summed E-state index contributed by atoms with van der Waals surface area (Å²) in [5.41, 5.74) is 8.18. The van der Waals surface area contributed by atoms with E-state index in [9.17, 15) is 9.59 Å². The first-order chi connectivity index (χ1) is 16.0. The smallest absolute Gasteiger partial charge is 0.257 e. The van der Waals surface area contributed by atoms with Gasteiger partial charge >= 0.3 is 0 Å². The first kappa shape index (κ1) is 23.7. The largest absolute Gasteiger partial charge is 0.493 e. The van der Waals surface area contributed by atoms with Crippen molar-refractivity contribution >= 4 is 17.5 Å². The Morgan fingerprint density at radius 3 is 2.52 bits per heavy atom. The third-order valence-corrected chi connectivity index (χ3v) is 5.03. The second-order valence-electron chi connectivity index (χ2n) is 7.33. The van der Waals surface area contributed by atoms with Gasteiger partial charge in [0.2, 0.25) is 0 Å². The number of carbonyl (C=O) groups is 2. The van der Waals surface area contributed by atoms with E-state index >= 15 is 0 Å². The lowest BCUT2D eigenvalue weighted by molar-refractivity contribution is 0.0741. The van der Waals surface area contributed by atoms with Crippen LogP contribution >= 0.6 is 0 Å². The van der Waals surface area contributed by atoms with Crippen LogP contribution in [0.25, 0.3) is 0 Å². The normalized spacial score (nSPS) is 10.4. The number of methoxy groups -OCH3 is 2. The summed E-state index contributed by atoms with van der Waals surface area (Å²) in [6.45, 7) is 1.33. The van der Waals surface area contributed by atoms with Crippen molar-refractivity contribution in [3.8, 4) is 11.5 Å². The number of rotatable bonds is 10. The minimum atomic E-state index is -0.248. The summed E-state index contributed by atoms with van der Waals surface area (Å²) in [7, 11) is 3.08. The third-order valence-electron chi connectivity index (χ3n) is 5.03. The van der Waals surface area contributed by atoms with Crippen LogP contribution in [0.2, 0.25) is 0 Å². The van der Waals surface area contributed by atoms with Gasteiger partial charge in [-0.2, -0.15) is 0 Å². The molecule has 0 unspecified atom stereocenters. The Labute approximate surface area is 193 Å². The lowest BCUT2D eigenvalue weighted by Gasteiger charge is -2.23. The maximum Gasteiger partial charge on any atom is 0.257 e. The monoisotopic (exact) mass is 448 g/mol. The molecule has 2 aromatic carbocycles. The van der Waals surface area contributed by atoms with Gasteiger partial charge in [-0.15, -0.1) is 0 Å². The van der Waals surface area contributed by atoms with E-state index < -0.39 is 0 Å². The van der Waals surface area contributed by atoms with E-state index in [-0.39, 0.29) is 11.8 Å². The Kier molecular flexibility index (Phi) is 8.37. The molecule has 0 fully saturated rings. The molecule has 0 spiro atoms. The van der Waals surface area contributed by atoms with Crippen LogP contribution < -0.4 is 20.5 Å². The Hall–Kier alpha value is -3.91. The van der Waals surface area contributed by atoms with Crippen molar-refractivity contribution < 1.29 is 19.1 Å². The number of carbonyl (C=O) groups excluding carboxylic acids is 2. The van der Waals surface area contributed by atoms with Crippen LogP contribution in [0.3, 0.4) is 0 Å². The molecule has 8 heteroatoms. The number of nitrogens with zero attached hydrogens (tertiary/aromatic N) is 2.